The summed E-state index contributed by atoms with van der Waals surface area (Å²) in [6, 6.07) is 7.12. The number of nitrogens with one attached hydrogen (secondary N) is 1. The Balaban J connectivity index is 1.75. The smallest absolute Gasteiger partial charge is 0.122 e. The topological polar surface area (TPSA) is 21.3 Å². The third-order valence-electron chi connectivity index (χ3n) is 4.55. The fourth-order valence-electron chi connectivity index (χ4n) is 3.15. The molecule has 0 aromatic heterocycles. The minimum Gasteiger partial charge on any atom is -0.496 e. The maximum Gasteiger partial charge on any atom is 0.122 e. The zero-order valence-corrected chi connectivity index (χ0v) is 11.4. The normalized spacial score (nSPS) is 26.8. The molecule has 18 heavy (non-hydrogen) atoms. The quantitative estimate of drug-likeness (QED) is 0.880. The van der Waals surface area contributed by atoms with Crippen LogP contribution in [0, 0.1) is 5.92 Å². The third kappa shape index (κ3) is 2.26. The van der Waals surface area contributed by atoms with Crippen LogP contribution in [0.2, 0.25) is 0 Å². The lowest BCUT2D eigenvalue weighted by molar-refractivity contribution is 0.375. The van der Waals surface area contributed by atoms with Crippen LogP contribution < -0.4 is 10.1 Å². The molecule has 0 heterocycles. The van der Waals surface area contributed by atoms with Crippen molar-refractivity contribution in [3.8, 4) is 5.75 Å². The van der Waals surface area contributed by atoms with Gasteiger partial charge in [-0.1, -0.05) is 19.1 Å². The summed E-state index contributed by atoms with van der Waals surface area (Å²) in [7, 11) is 1.78. The Morgan fingerprint density at radius 3 is 2.83 bits per heavy atom. The van der Waals surface area contributed by atoms with Gasteiger partial charge < -0.3 is 10.1 Å². The molecule has 1 N–H and O–H groups in total. The largest absolute Gasteiger partial charge is 0.496 e. The molecule has 2 aliphatic carbocycles. The standard InChI is InChI=1S/C16H23NO/c1-11-13-4-3-5-16(18-2)14(13)8-9-15(11)17-10-12-6-7-12/h3-5,11-12,15,17H,6-10H2,1-2H3/t11-,15+/m0/s1. The van der Waals surface area contributed by atoms with E-state index in [9.17, 15) is 0 Å². The molecule has 0 radical (unpaired) electrons. The van der Waals surface area contributed by atoms with E-state index in [2.05, 4.69) is 30.4 Å². The SMILES string of the molecule is COc1cccc2c1CC[C@@H](NCC1CC1)[C@H]2C. The zero-order valence-electron chi connectivity index (χ0n) is 11.4. The molecule has 0 spiro atoms. The van der Waals surface area contributed by atoms with Crippen LogP contribution in [0.4, 0.5) is 0 Å². The number of rotatable bonds is 4. The lowest BCUT2D eigenvalue weighted by Crippen LogP contribution is -2.38. The van der Waals surface area contributed by atoms with E-state index in [1.165, 1.54) is 36.9 Å². The molecular weight excluding hydrogens is 222 g/mol. The molecule has 2 aliphatic rings. The van der Waals surface area contributed by atoms with Gasteiger partial charge in [-0.15, -0.1) is 0 Å². The van der Waals surface area contributed by atoms with E-state index >= 15 is 0 Å². The Hall–Kier alpha value is -1.02. The first-order valence-corrected chi connectivity index (χ1v) is 7.18. The summed E-state index contributed by atoms with van der Waals surface area (Å²) in [6.45, 7) is 3.57. The van der Waals surface area contributed by atoms with Gasteiger partial charge in [-0.25, -0.2) is 0 Å². The highest BCUT2D eigenvalue weighted by Gasteiger charge is 2.29. The van der Waals surface area contributed by atoms with Gasteiger partial charge in [-0.05, 0) is 61.3 Å². The van der Waals surface area contributed by atoms with Gasteiger partial charge in [0.05, 0.1) is 7.11 Å². The van der Waals surface area contributed by atoms with Crippen LogP contribution in [-0.2, 0) is 6.42 Å². The van der Waals surface area contributed by atoms with Crippen LogP contribution in [0.1, 0.15) is 43.2 Å². The number of benzene rings is 1. The zero-order chi connectivity index (χ0) is 12.5. The first-order chi connectivity index (χ1) is 8.79. The summed E-state index contributed by atoms with van der Waals surface area (Å²) < 4.78 is 5.48. The van der Waals surface area contributed by atoms with E-state index in [1.807, 2.05) is 0 Å². The molecule has 1 aromatic rings. The molecule has 0 unspecified atom stereocenters. The summed E-state index contributed by atoms with van der Waals surface area (Å²) in [5.74, 6) is 2.63. The Labute approximate surface area is 110 Å². The maximum absolute atomic E-state index is 5.48. The van der Waals surface area contributed by atoms with Gasteiger partial charge in [0, 0.05) is 6.04 Å². The van der Waals surface area contributed by atoms with E-state index < -0.39 is 0 Å². The molecule has 98 valence electrons. The molecule has 2 heteroatoms. The maximum atomic E-state index is 5.48. The summed E-state index contributed by atoms with van der Waals surface area (Å²) in [5.41, 5.74) is 2.91. The second-order valence-corrected chi connectivity index (χ2v) is 5.81. The van der Waals surface area contributed by atoms with Crippen molar-refractivity contribution in [2.75, 3.05) is 13.7 Å². The number of hydrogen-bond acceptors (Lipinski definition) is 2. The fraction of sp³-hybridized carbons (Fsp3) is 0.625. The van der Waals surface area contributed by atoms with Crippen LogP contribution in [0.3, 0.4) is 0 Å². The fourth-order valence-corrected chi connectivity index (χ4v) is 3.15. The molecule has 0 aliphatic heterocycles. The first kappa shape index (κ1) is 12.0. The van der Waals surface area contributed by atoms with E-state index in [1.54, 1.807) is 7.11 Å². The Morgan fingerprint density at radius 2 is 2.11 bits per heavy atom. The van der Waals surface area contributed by atoms with Crippen molar-refractivity contribution >= 4 is 0 Å². The Bertz CT molecular complexity index is 425. The molecular formula is C16H23NO. The average molecular weight is 245 g/mol. The molecule has 1 saturated carbocycles. The highest BCUT2D eigenvalue weighted by atomic mass is 16.5. The van der Waals surface area contributed by atoms with Crippen molar-refractivity contribution in [2.24, 2.45) is 5.92 Å². The van der Waals surface area contributed by atoms with Crippen LogP contribution in [0.15, 0.2) is 18.2 Å². The molecule has 1 fully saturated rings. The molecule has 2 atom stereocenters. The van der Waals surface area contributed by atoms with Crippen molar-refractivity contribution in [1.82, 2.24) is 5.32 Å². The summed E-state index contributed by atoms with van der Waals surface area (Å²) in [4.78, 5) is 0. The highest BCUT2D eigenvalue weighted by Crippen LogP contribution is 2.37. The van der Waals surface area contributed by atoms with Gasteiger partial charge >= 0.3 is 0 Å². The van der Waals surface area contributed by atoms with Crippen LogP contribution in [0.25, 0.3) is 0 Å². The van der Waals surface area contributed by atoms with Gasteiger partial charge in [0.1, 0.15) is 5.75 Å². The van der Waals surface area contributed by atoms with Crippen LogP contribution in [-0.4, -0.2) is 19.7 Å². The van der Waals surface area contributed by atoms with Gasteiger partial charge in [0.2, 0.25) is 0 Å². The summed E-state index contributed by atoms with van der Waals surface area (Å²) >= 11 is 0. The number of methoxy groups -OCH3 is 1. The molecule has 0 amide bonds. The Kier molecular flexibility index (Phi) is 3.29. The van der Waals surface area contributed by atoms with Crippen molar-refractivity contribution in [3.05, 3.63) is 29.3 Å². The number of hydrogen-bond donors (Lipinski definition) is 1. The molecule has 2 nitrogen and oxygen atoms in total. The predicted molar refractivity (Wildman–Crippen MR) is 74.2 cm³/mol. The lowest BCUT2D eigenvalue weighted by Gasteiger charge is -2.33. The summed E-state index contributed by atoms with van der Waals surface area (Å²) in [5, 5.41) is 3.77. The van der Waals surface area contributed by atoms with Gasteiger partial charge in [0.15, 0.2) is 0 Å². The average Bonchev–Trinajstić information content (AvgIpc) is 3.21. The minimum absolute atomic E-state index is 0.600. The third-order valence-corrected chi connectivity index (χ3v) is 4.55. The molecule has 0 saturated heterocycles. The van der Waals surface area contributed by atoms with Gasteiger partial charge in [-0.3, -0.25) is 0 Å². The monoisotopic (exact) mass is 245 g/mol. The van der Waals surface area contributed by atoms with E-state index in [0.717, 1.165) is 18.1 Å². The van der Waals surface area contributed by atoms with Gasteiger partial charge in [0.25, 0.3) is 0 Å². The molecule has 0 bridgehead atoms. The second-order valence-electron chi connectivity index (χ2n) is 5.81. The molecule has 3 rings (SSSR count). The summed E-state index contributed by atoms with van der Waals surface area (Å²) in [6.07, 6.45) is 5.24. The minimum atomic E-state index is 0.600. The van der Waals surface area contributed by atoms with Gasteiger partial charge in [-0.2, -0.15) is 0 Å². The number of ether oxygens (including phenoxy) is 1. The Morgan fingerprint density at radius 1 is 1.28 bits per heavy atom. The van der Waals surface area contributed by atoms with Crippen LogP contribution in [0.5, 0.6) is 5.75 Å². The van der Waals surface area contributed by atoms with Crippen molar-refractivity contribution in [1.29, 1.82) is 0 Å². The first-order valence-electron chi connectivity index (χ1n) is 7.18. The van der Waals surface area contributed by atoms with Crippen molar-refractivity contribution < 1.29 is 4.74 Å². The van der Waals surface area contributed by atoms with E-state index in [4.69, 9.17) is 4.74 Å². The van der Waals surface area contributed by atoms with Crippen LogP contribution >= 0.6 is 0 Å². The van der Waals surface area contributed by atoms with E-state index in [0.29, 0.717) is 12.0 Å². The van der Waals surface area contributed by atoms with E-state index in [-0.39, 0.29) is 0 Å². The van der Waals surface area contributed by atoms with Crippen molar-refractivity contribution in [2.45, 2.75) is 44.6 Å². The highest BCUT2D eigenvalue weighted by molar-refractivity contribution is 5.44. The predicted octanol–water partition coefficient (Wildman–Crippen LogP) is 3.11. The van der Waals surface area contributed by atoms with Crippen molar-refractivity contribution in [3.63, 3.8) is 0 Å². The molecule has 1 aromatic carbocycles. The second kappa shape index (κ2) is 4.93. The number of fused-ring (bicyclic) bond motifs is 1. The lowest BCUT2D eigenvalue weighted by atomic mass is 9.80.